The van der Waals surface area contributed by atoms with E-state index in [1.165, 1.54) is 19.3 Å². The number of nitro groups is 1. The zero-order chi connectivity index (χ0) is 18.2. The van der Waals surface area contributed by atoms with E-state index in [1.54, 1.807) is 49.6 Å². The van der Waals surface area contributed by atoms with E-state index < -0.39 is 10.9 Å². The van der Waals surface area contributed by atoms with Gasteiger partial charge in [0, 0.05) is 23.8 Å². The van der Waals surface area contributed by atoms with Gasteiger partial charge in [0.15, 0.2) is 0 Å². The van der Waals surface area contributed by atoms with Crippen LogP contribution in [-0.4, -0.2) is 25.1 Å². The van der Waals surface area contributed by atoms with Gasteiger partial charge in [0.1, 0.15) is 18.1 Å². The molecule has 0 N–H and O–H groups in total. The second kappa shape index (κ2) is 8.49. The number of nitro benzene ring substituents is 1. The summed E-state index contributed by atoms with van der Waals surface area (Å²) < 4.78 is 15.4. The van der Waals surface area contributed by atoms with Crippen LogP contribution < -0.4 is 9.47 Å². The van der Waals surface area contributed by atoms with Gasteiger partial charge >= 0.3 is 5.97 Å². The minimum absolute atomic E-state index is 0.0869. The van der Waals surface area contributed by atoms with Crippen LogP contribution in [0.1, 0.15) is 11.1 Å². The molecule has 0 amide bonds. The highest BCUT2D eigenvalue weighted by molar-refractivity contribution is 5.87. The number of para-hydroxylation sites is 1. The number of carbonyl (C=O) groups is 1. The van der Waals surface area contributed by atoms with Crippen LogP contribution in [0.2, 0.25) is 0 Å². The zero-order valence-electron chi connectivity index (χ0n) is 13.8. The van der Waals surface area contributed by atoms with Crippen molar-refractivity contribution in [1.82, 2.24) is 0 Å². The molecule has 7 heteroatoms. The molecule has 0 aliphatic rings. The van der Waals surface area contributed by atoms with Crippen molar-refractivity contribution < 1.29 is 23.9 Å². The number of esters is 1. The molecule has 25 heavy (non-hydrogen) atoms. The lowest BCUT2D eigenvalue weighted by molar-refractivity contribution is -0.385. The fraction of sp³-hybridized carbons (Fsp3) is 0.167. The fourth-order valence-corrected chi connectivity index (χ4v) is 2.12. The van der Waals surface area contributed by atoms with Crippen molar-refractivity contribution in [3.8, 4) is 11.5 Å². The Morgan fingerprint density at radius 3 is 2.60 bits per heavy atom. The smallest absolute Gasteiger partial charge is 0.331 e. The van der Waals surface area contributed by atoms with Gasteiger partial charge in [-0.3, -0.25) is 10.1 Å². The summed E-state index contributed by atoms with van der Waals surface area (Å²) >= 11 is 0. The van der Waals surface area contributed by atoms with Crippen molar-refractivity contribution in [3.05, 3.63) is 69.8 Å². The first-order valence-electron chi connectivity index (χ1n) is 7.34. The number of hydrogen-bond acceptors (Lipinski definition) is 6. The standard InChI is InChI=1S/C18H17NO6/c1-23-15-9-7-13(17(11-15)24-2)8-10-18(20)25-12-14-5-3-4-6-16(14)19(21)22/h3-11H,12H2,1-2H3/b10-8+. The molecule has 0 unspecified atom stereocenters. The molecule has 2 aromatic rings. The summed E-state index contributed by atoms with van der Waals surface area (Å²) in [4.78, 5) is 22.3. The molecule has 7 nitrogen and oxygen atoms in total. The molecule has 0 atom stereocenters. The highest BCUT2D eigenvalue weighted by atomic mass is 16.6. The van der Waals surface area contributed by atoms with Crippen LogP contribution in [0, 0.1) is 10.1 Å². The summed E-state index contributed by atoms with van der Waals surface area (Å²) in [5, 5.41) is 10.9. The average molecular weight is 343 g/mol. The first-order chi connectivity index (χ1) is 12.0. The van der Waals surface area contributed by atoms with E-state index >= 15 is 0 Å². The molecule has 0 saturated heterocycles. The SMILES string of the molecule is COc1ccc(/C=C/C(=O)OCc2ccccc2[N+](=O)[O-])c(OC)c1. The van der Waals surface area contributed by atoms with E-state index in [9.17, 15) is 14.9 Å². The number of rotatable bonds is 7. The fourth-order valence-electron chi connectivity index (χ4n) is 2.12. The Kier molecular flexibility index (Phi) is 6.11. The van der Waals surface area contributed by atoms with E-state index in [4.69, 9.17) is 14.2 Å². The number of nitrogens with zero attached hydrogens (tertiary/aromatic N) is 1. The first kappa shape index (κ1) is 18.0. The molecule has 0 saturated carbocycles. The van der Waals surface area contributed by atoms with Gasteiger partial charge in [-0.25, -0.2) is 4.79 Å². The van der Waals surface area contributed by atoms with Gasteiger partial charge in [-0.2, -0.15) is 0 Å². The summed E-state index contributed by atoms with van der Waals surface area (Å²) in [5.41, 5.74) is 0.915. The molecular formula is C18H17NO6. The van der Waals surface area contributed by atoms with Gasteiger partial charge in [0.25, 0.3) is 5.69 Å². The topological polar surface area (TPSA) is 87.9 Å². The van der Waals surface area contributed by atoms with E-state index in [0.717, 1.165) is 0 Å². The van der Waals surface area contributed by atoms with Crippen molar-refractivity contribution in [3.63, 3.8) is 0 Å². The van der Waals surface area contributed by atoms with E-state index in [2.05, 4.69) is 0 Å². The molecule has 2 aromatic carbocycles. The zero-order valence-corrected chi connectivity index (χ0v) is 13.8. The molecule has 0 bridgehead atoms. The van der Waals surface area contributed by atoms with Crippen molar-refractivity contribution in [1.29, 1.82) is 0 Å². The van der Waals surface area contributed by atoms with Crippen LogP contribution >= 0.6 is 0 Å². The third-order valence-corrected chi connectivity index (χ3v) is 3.40. The van der Waals surface area contributed by atoms with Gasteiger partial charge < -0.3 is 14.2 Å². The lowest BCUT2D eigenvalue weighted by Crippen LogP contribution is -2.03. The van der Waals surface area contributed by atoms with Gasteiger partial charge in [0.2, 0.25) is 0 Å². The first-order valence-corrected chi connectivity index (χ1v) is 7.34. The Labute approximate surface area is 144 Å². The number of ether oxygens (including phenoxy) is 3. The molecule has 0 aliphatic heterocycles. The largest absolute Gasteiger partial charge is 0.497 e. The summed E-state index contributed by atoms with van der Waals surface area (Å²) in [5.74, 6) is 0.561. The predicted molar refractivity (Wildman–Crippen MR) is 91.5 cm³/mol. The summed E-state index contributed by atoms with van der Waals surface area (Å²) in [6, 6.07) is 11.3. The minimum Gasteiger partial charge on any atom is -0.497 e. The molecule has 0 radical (unpaired) electrons. The normalized spacial score (nSPS) is 10.5. The summed E-state index contributed by atoms with van der Waals surface area (Å²) in [6.45, 7) is -0.180. The number of benzene rings is 2. The molecule has 0 fully saturated rings. The predicted octanol–water partition coefficient (Wildman–Crippen LogP) is 3.37. The highest BCUT2D eigenvalue weighted by Gasteiger charge is 2.13. The van der Waals surface area contributed by atoms with Crippen LogP contribution in [0.25, 0.3) is 6.08 Å². The van der Waals surface area contributed by atoms with E-state index in [1.807, 2.05) is 0 Å². The maximum atomic E-state index is 11.8. The van der Waals surface area contributed by atoms with E-state index in [0.29, 0.717) is 22.6 Å². The lowest BCUT2D eigenvalue weighted by Gasteiger charge is -2.07. The van der Waals surface area contributed by atoms with Crippen LogP contribution in [0.15, 0.2) is 48.5 Å². The van der Waals surface area contributed by atoms with E-state index in [-0.39, 0.29) is 12.3 Å². The molecule has 130 valence electrons. The minimum atomic E-state index is -0.615. The number of hydrogen-bond donors (Lipinski definition) is 0. The molecule has 0 aromatic heterocycles. The Hall–Kier alpha value is -3.35. The monoisotopic (exact) mass is 343 g/mol. The molecule has 0 aliphatic carbocycles. The van der Waals surface area contributed by atoms with Gasteiger partial charge in [-0.15, -0.1) is 0 Å². The number of methoxy groups -OCH3 is 2. The van der Waals surface area contributed by atoms with Crippen molar-refractivity contribution in [2.24, 2.45) is 0 Å². The highest BCUT2D eigenvalue weighted by Crippen LogP contribution is 2.25. The molecule has 2 rings (SSSR count). The third-order valence-electron chi connectivity index (χ3n) is 3.40. The van der Waals surface area contributed by atoms with Gasteiger partial charge in [-0.1, -0.05) is 12.1 Å². The van der Waals surface area contributed by atoms with Crippen molar-refractivity contribution in [2.75, 3.05) is 14.2 Å². The molecule has 0 heterocycles. The average Bonchev–Trinajstić information content (AvgIpc) is 2.64. The van der Waals surface area contributed by atoms with Gasteiger partial charge in [-0.05, 0) is 24.3 Å². The quantitative estimate of drug-likeness (QED) is 0.331. The maximum Gasteiger partial charge on any atom is 0.331 e. The van der Waals surface area contributed by atoms with Crippen LogP contribution in [0.3, 0.4) is 0 Å². The number of carbonyl (C=O) groups excluding carboxylic acids is 1. The van der Waals surface area contributed by atoms with Crippen LogP contribution in [0.5, 0.6) is 11.5 Å². The van der Waals surface area contributed by atoms with Crippen molar-refractivity contribution >= 4 is 17.7 Å². The molecular weight excluding hydrogens is 326 g/mol. The van der Waals surface area contributed by atoms with Crippen LogP contribution in [-0.2, 0) is 16.1 Å². The van der Waals surface area contributed by atoms with Crippen LogP contribution in [0.4, 0.5) is 5.69 Å². The Balaban J connectivity index is 2.03. The second-order valence-corrected chi connectivity index (χ2v) is 4.93. The van der Waals surface area contributed by atoms with Gasteiger partial charge in [0.05, 0.1) is 24.7 Å². The summed E-state index contributed by atoms with van der Waals surface area (Å²) in [6.07, 6.45) is 2.78. The Bertz CT molecular complexity index is 800. The second-order valence-electron chi connectivity index (χ2n) is 4.93. The Morgan fingerprint density at radius 2 is 1.92 bits per heavy atom. The lowest BCUT2D eigenvalue weighted by atomic mass is 10.1. The summed E-state index contributed by atoms with van der Waals surface area (Å²) in [7, 11) is 3.06. The Morgan fingerprint density at radius 1 is 1.16 bits per heavy atom. The molecule has 0 spiro atoms. The van der Waals surface area contributed by atoms with Crippen molar-refractivity contribution in [2.45, 2.75) is 6.61 Å². The maximum absolute atomic E-state index is 11.8. The third kappa shape index (κ3) is 4.81.